The summed E-state index contributed by atoms with van der Waals surface area (Å²) in [6, 6.07) is 15.5. The van der Waals surface area contributed by atoms with E-state index < -0.39 is 0 Å². The van der Waals surface area contributed by atoms with E-state index in [1.165, 1.54) is 5.56 Å². The molecule has 1 heterocycles. The van der Waals surface area contributed by atoms with Gasteiger partial charge in [0, 0.05) is 31.6 Å². The molecule has 1 aliphatic heterocycles. The van der Waals surface area contributed by atoms with E-state index in [-0.39, 0.29) is 5.91 Å². The second kappa shape index (κ2) is 8.53. The first-order valence-electron chi connectivity index (χ1n) is 8.71. The van der Waals surface area contributed by atoms with Crippen LogP contribution in [-0.4, -0.2) is 43.7 Å². The molecule has 1 aliphatic rings. The molecular weight excluding hydrogens is 316 g/mol. The SMILES string of the molecule is NCCN(CCc1ccccc1)C(=O)c1ccc2c(c1)OCCCO2. The van der Waals surface area contributed by atoms with Crippen LogP contribution >= 0.6 is 0 Å². The molecule has 5 heteroatoms. The third-order valence-electron chi connectivity index (χ3n) is 4.19. The number of benzene rings is 2. The third kappa shape index (κ3) is 4.51. The van der Waals surface area contributed by atoms with E-state index in [0.29, 0.717) is 49.9 Å². The van der Waals surface area contributed by atoms with Gasteiger partial charge in [-0.25, -0.2) is 0 Å². The van der Waals surface area contributed by atoms with Crippen molar-refractivity contribution in [3.05, 3.63) is 59.7 Å². The van der Waals surface area contributed by atoms with Gasteiger partial charge in [-0.15, -0.1) is 0 Å². The molecule has 0 aliphatic carbocycles. The van der Waals surface area contributed by atoms with Crippen LogP contribution in [0.4, 0.5) is 0 Å². The third-order valence-corrected chi connectivity index (χ3v) is 4.19. The summed E-state index contributed by atoms with van der Waals surface area (Å²) < 4.78 is 11.3. The van der Waals surface area contributed by atoms with E-state index in [1.54, 1.807) is 17.0 Å². The van der Waals surface area contributed by atoms with Crippen molar-refractivity contribution in [3.63, 3.8) is 0 Å². The van der Waals surface area contributed by atoms with Gasteiger partial charge in [0.25, 0.3) is 5.91 Å². The van der Waals surface area contributed by atoms with Crippen LogP contribution in [0.1, 0.15) is 22.3 Å². The second-order valence-corrected chi connectivity index (χ2v) is 6.03. The number of ether oxygens (including phenoxy) is 2. The van der Waals surface area contributed by atoms with Crippen LogP contribution in [-0.2, 0) is 6.42 Å². The molecule has 2 aromatic carbocycles. The first-order valence-corrected chi connectivity index (χ1v) is 8.71. The summed E-state index contributed by atoms with van der Waals surface area (Å²) in [6.45, 7) is 2.83. The van der Waals surface area contributed by atoms with Gasteiger partial charge in [0.2, 0.25) is 0 Å². The minimum absolute atomic E-state index is 0.0305. The van der Waals surface area contributed by atoms with Gasteiger partial charge in [-0.2, -0.15) is 0 Å². The molecule has 25 heavy (non-hydrogen) atoms. The van der Waals surface area contributed by atoms with E-state index in [0.717, 1.165) is 12.8 Å². The van der Waals surface area contributed by atoms with Gasteiger partial charge in [0.1, 0.15) is 0 Å². The van der Waals surface area contributed by atoms with Gasteiger partial charge in [-0.1, -0.05) is 30.3 Å². The second-order valence-electron chi connectivity index (χ2n) is 6.03. The molecule has 1 amide bonds. The zero-order valence-corrected chi connectivity index (χ0v) is 14.3. The Morgan fingerprint density at radius 3 is 2.52 bits per heavy atom. The van der Waals surface area contributed by atoms with Gasteiger partial charge in [-0.05, 0) is 30.2 Å². The van der Waals surface area contributed by atoms with E-state index >= 15 is 0 Å². The summed E-state index contributed by atoms with van der Waals surface area (Å²) >= 11 is 0. The highest BCUT2D eigenvalue weighted by Crippen LogP contribution is 2.30. The van der Waals surface area contributed by atoms with Gasteiger partial charge < -0.3 is 20.1 Å². The molecule has 0 fully saturated rings. The Morgan fingerprint density at radius 1 is 1.00 bits per heavy atom. The summed E-state index contributed by atoms with van der Waals surface area (Å²) in [5, 5.41) is 0. The van der Waals surface area contributed by atoms with Crippen molar-refractivity contribution in [2.75, 3.05) is 32.8 Å². The molecule has 3 rings (SSSR count). The molecule has 0 spiro atoms. The topological polar surface area (TPSA) is 64.8 Å². The number of rotatable bonds is 6. The summed E-state index contributed by atoms with van der Waals surface area (Å²) in [5.74, 6) is 1.31. The molecule has 0 atom stereocenters. The lowest BCUT2D eigenvalue weighted by atomic mass is 10.1. The van der Waals surface area contributed by atoms with Crippen LogP contribution in [0.2, 0.25) is 0 Å². The number of nitrogens with zero attached hydrogens (tertiary/aromatic N) is 1. The minimum Gasteiger partial charge on any atom is -0.490 e. The Hall–Kier alpha value is -2.53. The monoisotopic (exact) mass is 340 g/mol. The molecule has 0 saturated heterocycles. The van der Waals surface area contributed by atoms with Crippen molar-refractivity contribution >= 4 is 5.91 Å². The number of fused-ring (bicyclic) bond motifs is 1. The Balaban J connectivity index is 1.72. The molecule has 0 bridgehead atoms. The molecule has 2 N–H and O–H groups in total. The van der Waals surface area contributed by atoms with Gasteiger partial charge in [-0.3, -0.25) is 4.79 Å². The van der Waals surface area contributed by atoms with E-state index in [2.05, 4.69) is 12.1 Å². The first kappa shape index (κ1) is 17.3. The maximum absolute atomic E-state index is 12.9. The van der Waals surface area contributed by atoms with Gasteiger partial charge in [0.15, 0.2) is 11.5 Å². The highest BCUT2D eigenvalue weighted by molar-refractivity contribution is 5.95. The Labute approximate surface area is 148 Å². The molecule has 0 unspecified atom stereocenters. The normalized spacial score (nSPS) is 13.2. The fourth-order valence-corrected chi connectivity index (χ4v) is 2.86. The van der Waals surface area contributed by atoms with E-state index in [1.807, 2.05) is 24.3 Å². The van der Waals surface area contributed by atoms with Crippen molar-refractivity contribution in [2.45, 2.75) is 12.8 Å². The maximum Gasteiger partial charge on any atom is 0.254 e. The first-order chi connectivity index (χ1) is 12.3. The van der Waals surface area contributed by atoms with Crippen molar-refractivity contribution in [1.82, 2.24) is 4.90 Å². The minimum atomic E-state index is -0.0305. The number of amides is 1. The smallest absolute Gasteiger partial charge is 0.254 e. The quantitative estimate of drug-likeness (QED) is 0.877. The zero-order valence-electron chi connectivity index (χ0n) is 14.3. The highest BCUT2D eigenvalue weighted by Gasteiger charge is 2.18. The zero-order chi connectivity index (χ0) is 17.5. The lowest BCUT2D eigenvalue weighted by Gasteiger charge is -2.22. The van der Waals surface area contributed by atoms with Crippen molar-refractivity contribution in [2.24, 2.45) is 5.73 Å². The molecule has 0 aromatic heterocycles. The van der Waals surface area contributed by atoms with Crippen LogP contribution < -0.4 is 15.2 Å². The fourth-order valence-electron chi connectivity index (χ4n) is 2.86. The van der Waals surface area contributed by atoms with Crippen molar-refractivity contribution < 1.29 is 14.3 Å². The highest BCUT2D eigenvalue weighted by atomic mass is 16.5. The molecule has 132 valence electrons. The maximum atomic E-state index is 12.9. The number of carbonyl (C=O) groups excluding carboxylic acids is 1. The van der Waals surface area contributed by atoms with Crippen LogP contribution in [0.15, 0.2) is 48.5 Å². The summed E-state index contributed by atoms with van der Waals surface area (Å²) in [4.78, 5) is 14.7. The van der Waals surface area contributed by atoms with Gasteiger partial charge >= 0.3 is 0 Å². The van der Waals surface area contributed by atoms with Crippen molar-refractivity contribution in [1.29, 1.82) is 0 Å². The number of carbonyl (C=O) groups is 1. The Morgan fingerprint density at radius 2 is 1.76 bits per heavy atom. The lowest BCUT2D eigenvalue weighted by Crippen LogP contribution is -2.37. The Bertz CT molecular complexity index is 703. The summed E-state index contributed by atoms with van der Waals surface area (Å²) in [5.41, 5.74) is 7.51. The predicted octanol–water partition coefficient (Wildman–Crippen LogP) is 2.49. The Kier molecular flexibility index (Phi) is 5.90. The molecule has 5 nitrogen and oxygen atoms in total. The van der Waals surface area contributed by atoms with Crippen LogP contribution in [0.5, 0.6) is 11.5 Å². The molecule has 2 aromatic rings. The average Bonchev–Trinajstić information content (AvgIpc) is 2.90. The molecule has 0 saturated carbocycles. The average molecular weight is 340 g/mol. The van der Waals surface area contributed by atoms with E-state index in [4.69, 9.17) is 15.2 Å². The van der Waals surface area contributed by atoms with E-state index in [9.17, 15) is 4.79 Å². The number of hydrogen-bond acceptors (Lipinski definition) is 4. The van der Waals surface area contributed by atoms with Crippen LogP contribution in [0.3, 0.4) is 0 Å². The summed E-state index contributed by atoms with van der Waals surface area (Å²) in [7, 11) is 0. The standard InChI is InChI=1S/C20H24N2O3/c21-10-12-22(11-9-16-5-2-1-3-6-16)20(23)17-7-8-18-19(15-17)25-14-4-13-24-18/h1-3,5-8,15H,4,9-14,21H2. The number of nitrogens with two attached hydrogens (primary N) is 1. The van der Waals surface area contributed by atoms with Crippen LogP contribution in [0, 0.1) is 0 Å². The van der Waals surface area contributed by atoms with Crippen molar-refractivity contribution in [3.8, 4) is 11.5 Å². The lowest BCUT2D eigenvalue weighted by molar-refractivity contribution is 0.0761. The largest absolute Gasteiger partial charge is 0.490 e. The molecule has 0 radical (unpaired) electrons. The molecular formula is C20H24N2O3. The van der Waals surface area contributed by atoms with Crippen LogP contribution in [0.25, 0.3) is 0 Å². The fraction of sp³-hybridized carbons (Fsp3) is 0.350. The summed E-state index contributed by atoms with van der Waals surface area (Å²) in [6.07, 6.45) is 1.64. The van der Waals surface area contributed by atoms with Gasteiger partial charge in [0.05, 0.1) is 13.2 Å². The predicted molar refractivity (Wildman–Crippen MR) is 97.2 cm³/mol. The number of hydrogen-bond donors (Lipinski definition) is 1.